The van der Waals surface area contributed by atoms with Crippen molar-refractivity contribution in [1.82, 2.24) is 24.1 Å². The summed E-state index contributed by atoms with van der Waals surface area (Å²) >= 11 is 1.39. The number of amides is 1. The number of rotatable bonds is 4. The molecule has 1 amide bonds. The van der Waals surface area contributed by atoms with Crippen LogP contribution in [0.15, 0.2) is 64.5 Å². The van der Waals surface area contributed by atoms with Crippen LogP contribution in [0.25, 0.3) is 22.4 Å². The average molecular weight is 488 g/mol. The number of aromatic nitrogens is 4. The maximum atomic E-state index is 13.4. The smallest absolute Gasteiger partial charge is 0.267 e. The van der Waals surface area contributed by atoms with Crippen molar-refractivity contribution in [2.24, 2.45) is 10.8 Å². The lowest BCUT2D eigenvalue weighted by molar-refractivity contribution is -0.129. The fourth-order valence-corrected chi connectivity index (χ4v) is 7.37. The Balaban J connectivity index is 1.36. The van der Waals surface area contributed by atoms with E-state index in [4.69, 9.17) is 0 Å². The quantitative estimate of drug-likeness (QED) is 0.395. The SMILES string of the molecule is CC1(C)C[C@H]2C[C@](C)(CN2C(=O)CSc2nnc3n(-c4ccccc4)c(=O)c4ccccc4n23)C1. The van der Waals surface area contributed by atoms with E-state index in [2.05, 4.69) is 35.9 Å². The molecule has 0 spiro atoms. The molecule has 0 unspecified atom stereocenters. The predicted octanol–water partition coefficient (Wildman–Crippen LogP) is 4.55. The van der Waals surface area contributed by atoms with Gasteiger partial charge in [-0.3, -0.25) is 14.0 Å². The molecule has 2 fully saturated rings. The lowest BCUT2D eigenvalue weighted by atomic mass is 9.65. The van der Waals surface area contributed by atoms with Crippen molar-refractivity contribution in [3.05, 3.63) is 65.0 Å². The van der Waals surface area contributed by atoms with E-state index >= 15 is 0 Å². The van der Waals surface area contributed by atoms with E-state index in [9.17, 15) is 9.59 Å². The van der Waals surface area contributed by atoms with Gasteiger partial charge in [-0.15, -0.1) is 10.2 Å². The summed E-state index contributed by atoms with van der Waals surface area (Å²) in [5.41, 5.74) is 1.80. The number of likely N-dealkylation sites (tertiary alicyclic amines) is 1. The number of carbonyl (C=O) groups excluding carboxylic acids is 1. The Morgan fingerprint density at radius 3 is 2.57 bits per heavy atom. The molecule has 180 valence electrons. The van der Waals surface area contributed by atoms with Crippen molar-refractivity contribution in [2.75, 3.05) is 12.3 Å². The van der Waals surface area contributed by atoms with Crippen LogP contribution < -0.4 is 5.56 Å². The van der Waals surface area contributed by atoms with Crippen molar-refractivity contribution in [3.8, 4) is 5.69 Å². The molecule has 0 N–H and O–H groups in total. The van der Waals surface area contributed by atoms with Crippen molar-refractivity contribution < 1.29 is 4.79 Å². The Hall–Kier alpha value is -3.13. The van der Waals surface area contributed by atoms with Gasteiger partial charge in [0.05, 0.1) is 22.3 Å². The Morgan fingerprint density at radius 2 is 1.77 bits per heavy atom. The van der Waals surface area contributed by atoms with Crippen LogP contribution in [-0.2, 0) is 4.79 Å². The zero-order valence-corrected chi connectivity index (χ0v) is 21.1. The van der Waals surface area contributed by atoms with E-state index in [1.807, 2.05) is 59.0 Å². The summed E-state index contributed by atoms with van der Waals surface area (Å²) in [7, 11) is 0. The maximum Gasteiger partial charge on any atom is 0.267 e. The topological polar surface area (TPSA) is 72.5 Å². The summed E-state index contributed by atoms with van der Waals surface area (Å²) < 4.78 is 3.49. The van der Waals surface area contributed by atoms with Gasteiger partial charge < -0.3 is 4.90 Å². The fraction of sp³-hybridized carbons (Fsp3) is 0.407. The molecule has 7 nitrogen and oxygen atoms in total. The van der Waals surface area contributed by atoms with Gasteiger partial charge in [-0.25, -0.2) is 4.57 Å². The average Bonchev–Trinajstić information content (AvgIpc) is 3.35. The number of benzene rings is 2. The van der Waals surface area contributed by atoms with Crippen LogP contribution >= 0.6 is 11.8 Å². The highest BCUT2D eigenvalue weighted by atomic mass is 32.2. The number of fused-ring (bicyclic) bond motifs is 5. The molecule has 2 aromatic carbocycles. The lowest BCUT2D eigenvalue weighted by Crippen LogP contribution is -2.38. The van der Waals surface area contributed by atoms with E-state index in [-0.39, 0.29) is 22.3 Å². The number of para-hydroxylation sites is 2. The molecule has 1 saturated heterocycles. The Labute approximate surface area is 208 Å². The van der Waals surface area contributed by atoms with E-state index in [0.717, 1.165) is 37.0 Å². The lowest BCUT2D eigenvalue weighted by Gasteiger charge is -2.39. The van der Waals surface area contributed by atoms with Crippen LogP contribution in [0, 0.1) is 10.8 Å². The number of thioether (sulfide) groups is 1. The molecule has 1 saturated carbocycles. The molecule has 2 aliphatic rings. The monoisotopic (exact) mass is 487 g/mol. The van der Waals surface area contributed by atoms with Crippen LogP contribution in [0.5, 0.6) is 0 Å². The molecule has 35 heavy (non-hydrogen) atoms. The van der Waals surface area contributed by atoms with Crippen molar-refractivity contribution in [3.63, 3.8) is 0 Å². The van der Waals surface area contributed by atoms with Gasteiger partial charge >= 0.3 is 0 Å². The van der Waals surface area contributed by atoms with Gasteiger partial charge in [0.2, 0.25) is 11.7 Å². The first-order valence-corrected chi connectivity index (χ1v) is 13.1. The Morgan fingerprint density at radius 1 is 1.03 bits per heavy atom. The maximum absolute atomic E-state index is 13.4. The normalized spacial score (nSPS) is 23.3. The molecule has 3 heterocycles. The first-order valence-electron chi connectivity index (χ1n) is 12.1. The van der Waals surface area contributed by atoms with Gasteiger partial charge in [-0.05, 0) is 54.4 Å². The second-order valence-electron chi connectivity index (χ2n) is 11.1. The molecular formula is C27H29N5O2S. The van der Waals surface area contributed by atoms with Gasteiger partial charge in [0.25, 0.3) is 5.56 Å². The van der Waals surface area contributed by atoms with Gasteiger partial charge in [0.1, 0.15) is 0 Å². The van der Waals surface area contributed by atoms with Crippen LogP contribution in [0.3, 0.4) is 0 Å². The Kier molecular flexibility index (Phi) is 5.07. The second-order valence-corrected chi connectivity index (χ2v) is 12.1. The zero-order chi connectivity index (χ0) is 24.4. The highest BCUT2D eigenvalue weighted by Crippen LogP contribution is 2.52. The first kappa shape index (κ1) is 22.3. The molecule has 2 atom stereocenters. The molecule has 1 aliphatic carbocycles. The number of carbonyl (C=O) groups is 1. The van der Waals surface area contributed by atoms with Crippen molar-refractivity contribution in [1.29, 1.82) is 0 Å². The molecular weight excluding hydrogens is 458 g/mol. The molecule has 2 aromatic heterocycles. The van der Waals surface area contributed by atoms with E-state index in [1.54, 1.807) is 4.57 Å². The second kappa shape index (κ2) is 7.95. The van der Waals surface area contributed by atoms with Crippen LogP contribution in [0.2, 0.25) is 0 Å². The molecule has 8 heteroatoms. The third-order valence-corrected chi connectivity index (χ3v) is 8.38. The minimum Gasteiger partial charge on any atom is -0.338 e. The van der Waals surface area contributed by atoms with Gasteiger partial charge in [0, 0.05) is 12.6 Å². The van der Waals surface area contributed by atoms with Crippen molar-refractivity contribution in [2.45, 2.75) is 51.2 Å². The molecule has 1 aliphatic heterocycles. The zero-order valence-electron chi connectivity index (χ0n) is 20.3. The van der Waals surface area contributed by atoms with Gasteiger partial charge in [0.15, 0.2) is 5.16 Å². The minimum absolute atomic E-state index is 0.139. The highest BCUT2D eigenvalue weighted by molar-refractivity contribution is 7.99. The standard InChI is InChI=1S/C27H29N5O2S/c1-26(2)13-19-14-27(3,16-26)17-30(19)22(33)15-35-25-29-28-24-31(18-9-5-4-6-10-18)23(34)20-11-7-8-12-21(20)32(24)25/h4-12,19H,13-17H2,1-3H3/t19-,27-/m0/s1. The van der Waals surface area contributed by atoms with Gasteiger partial charge in [-0.2, -0.15) is 0 Å². The van der Waals surface area contributed by atoms with Crippen molar-refractivity contribution >= 4 is 34.3 Å². The van der Waals surface area contributed by atoms with E-state index in [0.29, 0.717) is 28.1 Å². The van der Waals surface area contributed by atoms with Gasteiger partial charge in [-0.1, -0.05) is 62.9 Å². The number of hydrogen-bond acceptors (Lipinski definition) is 5. The third kappa shape index (κ3) is 3.75. The highest BCUT2D eigenvalue weighted by Gasteiger charge is 2.50. The Bertz CT molecular complexity index is 1510. The molecule has 2 bridgehead atoms. The van der Waals surface area contributed by atoms with Crippen LogP contribution in [0.1, 0.15) is 40.0 Å². The van der Waals surface area contributed by atoms with E-state index in [1.165, 1.54) is 11.8 Å². The minimum atomic E-state index is -0.139. The largest absolute Gasteiger partial charge is 0.338 e. The summed E-state index contributed by atoms with van der Waals surface area (Å²) in [6.07, 6.45) is 3.31. The molecule has 0 radical (unpaired) electrons. The fourth-order valence-electron chi connectivity index (χ4n) is 6.54. The van der Waals surface area contributed by atoms with Crippen LogP contribution in [-0.4, -0.2) is 48.3 Å². The molecule has 4 aromatic rings. The number of nitrogens with zero attached hydrogens (tertiary/aromatic N) is 5. The summed E-state index contributed by atoms with van der Waals surface area (Å²) in [6, 6.07) is 17.3. The third-order valence-electron chi connectivity index (χ3n) is 7.47. The summed E-state index contributed by atoms with van der Waals surface area (Å²) in [4.78, 5) is 28.9. The predicted molar refractivity (Wildman–Crippen MR) is 138 cm³/mol. The number of hydrogen-bond donors (Lipinski definition) is 0. The first-order chi connectivity index (χ1) is 16.7. The van der Waals surface area contributed by atoms with Crippen LogP contribution in [0.4, 0.5) is 0 Å². The summed E-state index contributed by atoms with van der Waals surface area (Å²) in [5.74, 6) is 0.895. The molecule has 6 rings (SSSR count). The summed E-state index contributed by atoms with van der Waals surface area (Å²) in [6.45, 7) is 7.79. The van der Waals surface area contributed by atoms with E-state index < -0.39 is 0 Å². The summed E-state index contributed by atoms with van der Waals surface area (Å²) in [5, 5.41) is 10.0.